The largest absolute Gasteiger partial charge is 0.439 e. The highest BCUT2D eigenvalue weighted by atomic mass is 16.3. The van der Waals surface area contributed by atoms with Gasteiger partial charge in [-0.3, -0.25) is 4.79 Å². The normalized spacial score (nSPS) is 10.9. The zero-order chi connectivity index (χ0) is 12.5. The van der Waals surface area contributed by atoms with Crippen molar-refractivity contribution in [2.45, 2.75) is 6.54 Å². The molecule has 1 aromatic carbocycles. The summed E-state index contributed by atoms with van der Waals surface area (Å²) in [5.41, 5.74) is 7.60. The second-order valence-electron chi connectivity index (χ2n) is 4.00. The van der Waals surface area contributed by atoms with E-state index in [9.17, 15) is 4.79 Å². The standard InChI is InChI=1S/C13H11N3O2/c14-9-4-5-11-10(7-9)15-12(18-11)8-16-6-2-1-3-13(16)17/h1-7H,8,14H2. The van der Waals surface area contributed by atoms with Crippen molar-refractivity contribution in [3.63, 3.8) is 0 Å². The van der Waals surface area contributed by atoms with Crippen LogP contribution in [-0.2, 0) is 6.54 Å². The van der Waals surface area contributed by atoms with Crippen molar-refractivity contribution in [3.05, 3.63) is 58.8 Å². The van der Waals surface area contributed by atoms with Crippen molar-refractivity contribution in [2.24, 2.45) is 0 Å². The molecular weight excluding hydrogens is 230 g/mol. The van der Waals surface area contributed by atoms with Crippen molar-refractivity contribution in [1.29, 1.82) is 0 Å². The second-order valence-corrected chi connectivity index (χ2v) is 4.00. The summed E-state index contributed by atoms with van der Waals surface area (Å²) in [5.74, 6) is 0.490. The van der Waals surface area contributed by atoms with Crippen LogP contribution in [-0.4, -0.2) is 9.55 Å². The Kier molecular flexibility index (Phi) is 2.37. The summed E-state index contributed by atoms with van der Waals surface area (Å²) in [6.07, 6.45) is 1.70. The first kappa shape index (κ1) is 10.6. The molecule has 0 aliphatic rings. The maximum Gasteiger partial charge on any atom is 0.250 e. The van der Waals surface area contributed by atoms with Crippen molar-refractivity contribution < 1.29 is 4.42 Å². The third-order valence-electron chi connectivity index (χ3n) is 2.66. The molecular formula is C13H11N3O2. The predicted octanol–water partition coefficient (Wildman–Crippen LogP) is 1.62. The number of fused-ring (bicyclic) bond motifs is 1. The first-order chi connectivity index (χ1) is 8.72. The highest BCUT2D eigenvalue weighted by Gasteiger charge is 2.06. The van der Waals surface area contributed by atoms with Gasteiger partial charge in [-0.2, -0.15) is 0 Å². The fourth-order valence-electron chi connectivity index (χ4n) is 1.80. The van der Waals surface area contributed by atoms with Gasteiger partial charge in [-0.25, -0.2) is 4.98 Å². The lowest BCUT2D eigenvalue weighted by molar-refractivity contribution is 0.504. The molecule has 0 atom stereocenters. The van der Waals surface area contributed by atoms with Gasteiger partial charge < -0.3 is 14.7 Å². The molecule has 0 radical (unpaired) electrons. The molecule has 0 fully saturated rings. The van der Waals surface area contributed by atoms with Crippen molar-refractivity contribution in [1.82, 2.24) is 9.55 Å². The number of anilines is 1. The van der Waals surface area contributed by atoms with Crippen LogP contribution in [0, 0.1) is 0 Å². The molecule has 18 heavy (non-hydrogen) atoms. The number of nitrogens with zero attached hydrogens (tertiary/aromatic N) is 2. The lowest BCUT2D eigenvalue weighted by atomic mass is 10.3. The minimum Gasteiger partial charge on any atom is -0.439 e. The zero-order valence-electron chi connectivity index (χ0n) is 9.54. The van der Waals surface area contributed by atoms with E-state index in [1.807, 2.05) is 0 Å². The van der Waals surface area contributed by atoms with E-state index in [1.54, 1.807) is 36.5 Å². The summed E-state index contributed by atoms with van der Waals surface area (Å²) in [7, 11) is 0. The Labute approximate surface area is 102 Å². The number of aromatic nitrogens is 2. The van der Waals surface area contributed by atoms with E-state index in [-0.39, 0.29) is 5.56 Å². The van der Waals surface area contributed by atoms with E-state index in [2.05, 4.69) is 4.98 Å². The SMILES string of the molecule is Nc1ccc2oc(Cn3ccccc3=O)nc2c1. The molecule has 0 unspecified atom stereocenters. The lowest BCUT2D eigenvalue weighted by Gasteiger charge is -1.99. The summed E-state index contributed by atoms with van der Waals surface area (Å²) in [5, 5.41) is 0. The summed E-state index contributed by atoms with van der Waals surface area (Å²) < 4.78 is 7.09. The third-order valence-corrected chi connectivity index (χ3v) is 2.66. The fourth-order valence-corrected chi connectivity index (χ4v) is 1.80. The molecule has 5 nitrogen and oxygen atoms in total. The van der Waals surface area contributed by atoms with Crippen LogP contribution in [0.3, 0.4) is 0 Å². The maximum absolute atomic E-state index is 11.6. The van der Waals surface area contributed by atoms with Gasteiger partial charge in [0, 0.05) is 18.0 Å². The number of pyridine rings is 1. The number of oxazole rings is 1. The Morgan fingerprint density at radius 3 is 3.00 bits per heavy atom. The van der Waals surface area contributed by atoms with E-state index in [1.165, 1.54) is 10.6 Å². The van der Waals surface area contributed by atoms with Crippen molar-refractivity contribution in [3.8, 4) is 0 Å². The van der Waals surface area contributed by atoms with Crippen LogP contribution < -0.4 is 11.3 Å². The van der Waals surface area contributed by atoms with Crippen LogP contribution in [0.2, 0.25) is 0 Å². The Morgan fingerprint density at radius 2 is 2.17 bits per heavy atom. The number of hydrogen-bond acceptors (Lipinski definition) is 4. The Balaban J connectivity index is 2.01. The quantitative estimate of drug-likeness (QED) is 0.692. The average molecular weight is 241 g/mol. The fraction of sp³-hybridized carbons (Fsp3) is 0.0769. The molecule has 3 aromatic rings. The molecule has 0 saturated carbocycles. The van der Waals surface area contributed by atoms with Crippen LogP contribution in [0.15, 0.2) is 51.8 Å². The van der Waals surface area contributed by atoms with Crippen LogP contribution in [0.4, 0.5) is 5.69 Å². The van der Waals surface area contributed by atoms with Gasteiger partial charge in [0.15, 0.2) is 5.58 Å². The molecule has 2 N–H and O–H groups in total. The molecule has 0 aliphatic carbocycles. The molecule has 90 valence electrons. The highest BCUT2D eigenvalue weighted by Crippen LogP contribution is 2.18. The average Bonchev–Trinajstić information content (AvgIpc) is 2.73. The molecule has 0 aliphatic heterocycles. The lowest BCUT2D eigenvalue weighted by Crippen LogP contribution is -2.18. The number of rotatable bonds is 2. The van der Waals surface area contributed by atoms with Gasteiger partial charge >= 0.3 is 0 Å². The molecule has 0 spiro atoms. The van der Waals surface area contributed by atoms with Gasteiger partial charge in [0.1, 0.15) is 12.1 Å². The minimum atomic E-state index is -0.0840. The van der Waals surface area contributed by atoms with Gasteiger partial charge in [0.2, 0.25) is 5.89 Å². The van der Waals surface area contributed by atoms with Crippen molar-refractivity contribution in [2.75, 3.05) is 5.73 Å². The van der Waals surface area contributed by atoms with E-state index >= 15 is 0 Å². The number of hydrogen-bond donors (Lipinski definition) is 1. The molecule has 0 amide bonds. The van der Waals surface area contributed by atoms with Gasteiger partial charge in [-0.1, -0.05) is 6.07 Å². The molecule has 3 rings (SSSR count). The molecule has 2 heterocycles. The minimum absolute atomic E-state index is 0.0840. The summed E-state index contributed by atoms with van der Waals surface area (Å²) in [4.78, 5) is 15.9. The van der Waals surface area contributed by atoms with E-state index < -0.39 is 0 Å². The summed E-state index contributed by atoms with van der Waals surface area (Å²) in [6.45, 7) is 0.314. The summed E-state index contributed by atoms with van der Waals surface area (Å²) in [6, 6.07) is 10.3. The number of nitrogen functional groups attached to an aromatic ring is 1. The number of benzene rings is 1. The van der Waals surface area contributed by atoms with Gasteiger partial charge in [-0.05, 0) is 24.3 Å². The predicted molar refractivity (Wildman–Crippen MR) is 68.2 cm³/mol. The Hall–Kier alpha value is -2.56. The van der Waals surface area contributed by atoms with Gasteiger partial charge in [0.05, 0.1) is 0 Å². The summed E-state index contributed by atoms with van der Waals surface area (Å²) >= 11 is 0. The van der Waals surface area contributed by atoms with Crippen LogP contribution in [0.5, 0.6) is 0 Å². The van der Waals surface area contributed by atoms with E-state index in [4.69, 9.17) is 10.2 Å². The van der Waals surface area contributed by atoms with Crippen LogP contribution in [0.25, 0.3) is 11.1 Å². The first-order valence-corrected chi connectivity index (χ1v) is 5.53. The van der Waals surface area contributed by atoms with Crippen LogP contribution in [0.1, 0.15) is 5.89 Å². The molecule has 0 saturated heterocycles. The molecule has 2 aromatic heterocycles. The highest BCUT2D eigenvalue weighted by molar-refractivity contribution is 5.76. The smallest absolute Gasteiger partial charge is 0.250 e. The number of nitrogens with two attached hydrogens (primary N) is 1. The monoisotopic (exact) mass is 241 g/mol. The van der Waals surface area contributed by atoms with Gasteiger partial charge in [0.25, 0.3) is 5.56 Å². The van der Waals surface area contributed by atoms with Crippen LogP contribution >= 0.6 is 0 Å². The van der Waals surface area contributed by atoms with Crippen molar-refractivity contribution >= 4 is 16.8 Å². The Bertz CT molecular complexity index is 758. The second kappa shape index (κ2) is 4.03. The molecule has 0 bridgehead atoms. The first-order valence-electron chi connectivity index (χ1n) is 5.53. The van der Waals surface area contributed by atoms with E-state index in [0.717, 1.165) is 0 Å². The zero-order valence-corrected chi connectivity index (χ0v) is 9.54. The topological polar surface area (TPSA) is 74.0 Å². The Morgan fingerprint density at radius 1 is 1.28 bits per heavy atom. The third kappa shape index (κ3) is 1.86. The maximum atomic E-state index is 11.6. The molecule has 5 heteroatoms. The van der Waals surface area contributed by atoms with E-state index in [0.29, 0.717) is 29.2 Å². The van der Waals surface area contributed by atoms with Gasteiger partial charge in [-0.15, -0.1) is 0 Å².